The molecule has 108 heavy (non-hydrogen) atoms. The molecule has 0 saturated carbocycles. The first-order valence-electron chi connectivity index (χ1n) is 33.5. The first-order valence-corrected chi connectivity index (χ1v) is 38.2. The van der Waals surface area contributed by atoms with E-state index in [1.165, 1.54) is 15.6 Å². The van der Waals surface area contributed by atoms with Crippen molar-refractivity contribution in [3.05, 3.63) is 323 Å². The summed E-state index contributed by atoms with van der Waals surface area (Å²) in [5.74, 6) is 2.45. The Balaban J connectivity index is 0.000000238. The highest BCUT2D eigenvalue weighted by Crippen LogP contribution is 2.24. The summed E-state index contributed by atoms with van der Waals surface area (Å²) >= 11 is 20.1. The number of anilines is 4. The average Bonchev–Trinajstić information content (AvgIpc) is 0.862. The molecule has 558 valence electrons. The summed E-state index contributed by atoms with van der Waals surface area (Å²) in [5.41, 5.74) is 22.4. The third-order valence-corrected chi connectivity index (χ3v) is 18.4. The second kappa shape index (κ2) is 48.2. The van der Waals surface area contributed by atoms with Crippen LogP contribution in [0.1, 0.15) is 82.7 Å². The highest BCUT2D eigenvalue weighted by atomic mass is 79.9. The number of aldehydes is 1. The third kappa shape index (κ3) is 33.3. The van der Waals surface area contributed by atoms with Gasteiger partial charge in [-0.15, -0.1) is 6.42 Å². The SMILES string of the molecule is C#CCN(/N=C/c1ccc(Br)cc1)C(=O)Nc1c(C)cccc1C.CN/N=C/c1ccc(Br)cc1.Cc1cccc(C)c1NC(=O)N(C)/N=C/c1ccc(Br)cc1.Cc1cccc(C)c1NC(=O)N/N=C/c1ccc(Br)cc1.Cc1cccc(C)c1NC(=O)NCCc1ccc(Br)cc1.O=Cc1ccc(Br)cc1. The van der Waals surface area contributed by atoms with E-state index in [1.807, 2.05) is 250 Å². The molecule has 8 amide bonds. The topological polar surface area (TPSA) is 225 Å². The number of rotatable bonds is 17. The molecular weight excluding hydrogens is 1750 g/mol. The maximum absolute atomic E-state index is 12.5. The van der Waals surface area contributed by atoms with Gasteiger partial charge in [-0.25, -0.2) is 34.6 Å². The molecule has 0 spiro atoms. The number of benzene rings is 10. The summed E-state index contributed by atoms with van der Waals surface area (Å²) in [6, 6.07) is 68.6. The fourth-order valence-corrected chi connectivity index (χ4v) is 10.9. The normalized spacial score (nSPS) is 10.4. The van der Waals surface area contributed by atoms with Gasteiger partial charge in [0.2, 0.25) is 0 Å². The summed E-state index contributed by atoms with van der Waals surface area (Å²) in [5, 5.41) is 33.1. The van der Waals surface area contributed by atoms with Gasteiger partial charge in [-0.3, -0.25) is 4.79 Å². The van der Waals surface area contributed by atoms with Crippen molar-refractivity contribution in [3.8, 4) is 12.3 Å². The van der Waals surface area contributed by atoms with Gasteiger partial charge in [0.05, 0.1) is 24.9 Å². The number of carbonyl (C=O) groups excluding carboxylic acids is 5. The molecule has 0 saturated heterocycles. The van der Waals surface area contributed by atoms with Crippen molar-refractivity contribution in [3.63, 3.8) is 0 Å². The smallest absolute Gasteiger partial charge is 0.338 e. The monoisotopic (exact) mass is 1830 g/mol. The number of urea groups is 4. The number of para-hydroxylation sites is 4. The number of carbonyl (C=O) groups is 5. The first-order chi connectivity index (χ1) is 51.7. The molecule has 10 rings (SSSR count). The predicted molar refractivity (Wildman–Crippen MR) is 468 cm³/mol. The second-order valence-electron chi connectivity index (χ2n) is 23.6. The number of terminal acetylenes is 1. The Morgan fingerprint density at radius 1 is 0.398 bits per heavy atom. The summed E-state index contributed by atoms with van der Waals surface area (Å²) in [7, 11) is 3.40. The van der Waals surface area contributed by atoms with E-state index in [2.05, 4.69) is 171 Å². The quantitative estimate of drug-likeness (QED) is 0.0203. The van der Waals surface area contributed by atoms with E-state index in [-0.39, 0.29) is 30.7 Å². The number of aryl methyl sites for hydroxylation is 8. The number of halogens is 6. The Kier molecular flexibility index (Phi) is 39.5. The molecule has 0 aliphatic carbocycles. The molecule has 0 aliphatic rings. The van der Waals surface area contributed by atoms with Crippen LogP contribution in [0.3, 0.4) is 0 Å². The van der Waals surface area contributed by atoms with Crippen LogP contribution in [-0.4, -0.2) is 92.5 Å². The van der Waals surface area contributed by atoms with Gasteiger partial charge in [-0.2, -0.15) is 20.4 Å². The molecule has 0 aromatic heterocycles. The Morgan fingerprint density at radius 2 is 0.704 bits per heavy atom. The molecule has 10 aromatic rings. The lowest BCUT2D eigenvalue weighted by Gasteiger charge is -2.17. The van der Waals surface area contributed by atoms with Gasteiger partial charge in [-0.1, -0.05) is 247 Å². The summed E-state index contributed by atoms with van der Waals surface area (Å²) in [6.07, 6.45) is 13.6. The van der Waals surface area contributed by atoms with Crippen LogP contribution in [-0.2, 0) is 6.42 Å². The van der Waals surface area contributed by atoms with Crippen LogP contribution in [0.5, 0.6) is 0 Å². The van der Waals surface area contributed by atoms with E-state index in [1.54, 1.807) is 51.1 Å². The van der Waals surface area contributed by atoms with Crippen LogP contribution < -0.4 is 37.4 Å². The van der Waals surface area contributed by atoms with Gasteiger partial charge in [0, 0.05) is 75.8 Å². The van der Waals surface area contributed by atoms with Crippen molar-refractivity contribution in [2.75, 3.05) is 48.5 Å². The van der Waals surface area contributed by atoms with Gasteiger partial charge in [-0.05, 0) is 207 Å². The lowest BCUT2D eigenvalue weighted by atomic mass is 10.1. The maximum atomic E-state index is 12.5. The van der Waals surface area contributed by atoms with Crippen molar-refractivity contribution in [2.45, 2.75) is 61.8 Å². The van der Waals surface area contributed by atoms with Crippen molar-refractivity contribution in [1.82, 2.24) is 26.2 Å². The summed E-state index contributed by atoms with van der Waals surface area (Å²) in [4.78, 5) is 58.5. The van der Waals surface area contributed by atoms with Gasteiger partial charge in [0.15, 0.2) is 0 Å². The molecule has 0 fully saturated rings. The number of nitrogens with one attached hydrogen (secondary N) is 7. The van der Waals surface area contributed by atoms with E-state index in [9.17, 15) is 24.0 Å². The summed E-state index contributed by atoms with van der Waals surface area (Å²) < 4.78 is 6.12. The largest absolute Gasteiger partial charge is 0.343 e. The average molecular weight is 1840 g/mol. The third-order valence-electron chi connectivity index (χ3n) is 15.2. The zero-order chi connectivity index (χ0) is 78.9. The molecule has 24 heteroatoms. The Labute approximate surface area is 684 Å². The number of hydrogen-bond donors (Lipinski definition) is 7. The van der Waals surface area contributed by atoms with E-state index >= 15 is 0 Å². The summed E-state index contributed by atoms with van der Waals surface area (Å²) in [6.45, 7) is 16.4. The van der Waals surface area contributed by atoms with E-state index in [0.29, 0.717) is 12.1 Å². The molecule has 0 heterocycles. The Bertz CT molecular complexity index is 4630. The highest BCUT2D eigenvalue weighted by molar-refractivity contribution is 9.11. The van der Waals surface area contributed by atoms with Crippen molar-refractivity contribution < 1.29 is 24.0 Å². The number of amides is 8. The number of hydrazone groups is 4. The van der Waals surface area contributed by atoms with E-state index in [4.69, 9.17) is 6.42 Å². The van der Waals surface area contributed by atoms with Crippen LogP contribution in [0, 0.1) is 67.7 Å². The van der Waals surface area contributed by atoms with Crippen LogP contribution in [0.25, 0.3) is 0 Å². The predicted octanol–water partition coefficient (Wildman–Crippen LogP) is 22.0. The van der Waals surface area contributed by atoms with Crippen molar-refractivity contribution in [1.29, 1.82) is 0 Å². The molecule has 7 N–H and O–H groups in total. The number of nitrogens with zero attached hydrogens (tertiary/aromatic N) is 6. The minimum absolute atomic E-state index is 0.0871. The zero-order valence-electron chi connectivity index (χ0n) is 61.4. The van der Waals surface area contributed by atoms with Crippen LogP contribution in [0.2, 0.25) is 0 Å². The molecule has 0 atom stereocenters. The van der Waals surface area contributed by atoms with Crippen LogP contribution in [0.4, 0.5) is 41.9 Å². The second-order valence-corrected chi connectivity index (χ2v) is 29.1. The van der Waals surface area contributed by atoms with Gasteiger partial charge < -0.3 is 32.0 Å². The van der Waals surface area contributed by atoms with Crippen LogP contribution in [0.15, 0.2) is 266 Å². The van der Waals surface area contributed by atoms with E-state index in [0.717, 1.165) is 129 Å². The lowest BCUT2D eigenvalue weighted by molar-refractivity contribution is 0.112. The first kappa shape index (κ1) is 88.5. The molecule has 0 bridgehead atoms. The minimum Gasteiger partial charge on any atom is -0.338 e. The molecular formula is C84H85Br6N13O5. The van der Waals surface area contributed by atoms with Crippen molar-refractivity contribution in [2.24, 2.45) is 20.4 Å². The number of hydrogen-bond acceptors (Lipinski definition) is 10. The molecule has 10 aromatic carbocycles. The van der Waals surface area contributed by atoms with Gasteiger partial charge >= 0.3 is 24.1 Å². The fourth-order valence-electron chi connectivity index (χ4n) is 9.31. The van der Waals surface area contributed by atoms with Gasteiger partial charge in [0.25, 0.3) is 0 Å². The molecule has 0 aliphatic heterocycles. The standard InChI is InChI=1S/C19H18BrN3O.C17H18BrN3O.C17H19BrN2O.C16H16BrN3O.C8H9BrN2.C7H5BrO/c1-4-12-23(21-13-16-8-10-17(20)11-9-16)19(24)22-18-14(2)6-5-7-15(18)3;1-12-5-4-6-13(2)16(12)20-17(22)21(3)19-11-14-7-9-15(18)10-8-14;1-12-4-3-5-13(2)16(12)20-17(21)19-11-10-14-6-8-15(18)9-7-14;1-11-4-3-5-12(2)15(11)19-16(21)20-18-10-13-6-8-14(17)9-7-13;1-10-11-6-7-2-4-8(9)5-3-7;8-7-3-1-6(5-9)2-4-7/h1,5-11,13H,12H2,2-3H3,(H,22,24);4-11H,1-3H3,(H,20,22);3-9H,10-11H2,1-2H3,(H2,19,20,21);3-10H,1-2H3,(H2,19,20,21);2-6,10H,1H3;1-5H/b21-13+;19-11+;;18-10+;11-6+;. The van der Waals surface area contributed by atoms with Crippen LogP contribution >= 0.6 is 95.6 Å². The van der Waals surface area contributed by atoms with Crippen molar-refractivity contribution >= 4 is 174 Å². The molecule has 0 unspecified atom stereocenters. The Hall–Kier alpha value is -10.1. The maximum Gasteiger partial charge on any atom is 0.343 e. The van der Waals surface area contributed by atoms with Gasteiger partial charge in [0.1, 0.15) is 12.8 Å². The molecule has 0 radical (unpaired) electrons. The zero-order valence-corrected chi connectivity index (χ0v) is 70.9. The highest BCUT2D eigenvalue weighted by Gasteiger charge is 2.15. The lowest BCUT2D eigenvalue weighted by Crippen LogP contribution is -2.31. The fraction of sp³-hybridized carbons (Fsp3) is 0.155. The molecule has 18 nitrogen and oxygen atoms in total. The Morgan fingerprint density at radius 3 is 1.06 bits per heavy atom. The van der Waals surface area contributed by atoms with E-state index < -0.39 is 0 Å². The minimum atomic E-state index is -0.362.